The number of likely N-dealkylation sites (tertiary alicyclic amines) is 1. The van der Waals surface area contributed by atoms with Gasteiger partial charge >= 0.3 is 0 Å². The topological polar surface area (TPSA) is 55.3 Å². The molecule has 0 aliphatic carbocycles. The van der Waals surface area contributed by atoms with Crippen molar-refractivity contribution in [3.05, 3.63) is 0 Å². The Balaban J connectivity index is 2.35. The monoisotopic (exact) mass is 143 g/mol. The third kappa shape index (κ3) is 1.94. The summed E-state index contributed by atoms with van der Waals surface area (Å²) in [5.41, 5.74) is 11.3. The van der Waals surface area contributed by atoms with Crippen LogP contribution in [0.3, 0.4) is 0 Å². The van der Waals surface area contributed by atoms with Crippen LogP contribution < -0.4 is 11.5 Å². The Bertz CT molecular complexity index is 94.9. The minimum absolute atomic E-state index is 0.215. The third-order valence-corrected chi connectivity index (χ3v) is 2.15. The largest absolute Gasteiger partial charge is 0.318 e. The van der Waals surface area contributed by atoms with Crippen LogP contribution in [0.25, 0.3) is 0 Å². The molecule has 4 N–H and O–H groups in total. The lowest BCUT2D eigenvalue weighted by Gasteiger charge is -2.24. The van der Waals surface area contributed by atoms with Crippen molar-refractivity contribution in [1.82, 2.24) is 4.90 Å². The van der Waals surface area contributed by atoms with E-state index in [0.29, 0.717) is 6.67 Å². The van der Waals surface area contributed by atoms with Crippen LogP contribution in [0.2, 0.25) is 0 Å². The highest BCUT2D eigenvalue weighted by Crippen LogP contribution is 2.11. The molecule has 1 aliphatic heterocycles. The van der Waals surface area contributed by atoms with Gasteiger partial charge in [-0.1, -0.05) is 12.8 Å². The van der Waals surface area contributed by atoms with Gasteiger partial charge in [-0.3, -0.25) is 4.90 Å². The van der Waals surface area contributed by atoms with Crippen molar-refractivity contribution in [1.29, 1.82) is 0 Å². The molecule has 1 heterocycles. The first-order chi connectivity index (χ1) is 4.84. The van der Waals surface area contributed by atoms with Crippen LogP contribution in [-0.2, 0) is 0 Å². The molecule has 1 fully saturated rings. The van der Waals surface area contributed by atoms with E-state index in [4.69, 9.17) is 11.5 Å². The Hall–Kier alpha value is -0.120. The molecular weight excluding hydrogens is 126 g/mol. The summed E-state index contributed by atoms with van der Waals surface area (Å²) in [7, 11) is 0. The molecule has 1 saturated heterocycles. The maximum Gasteiger partial charge on any atom is 0.0582 e. The maximum atomic E-state index is 5.84. The number of nitrogens with two attached hydrogens (primary N) is 2. The first-order valence-electron chi connectivity index (χ1n) is 4.04. The molecule has 0 amide bonds. The van der Waals surface area contributed by atoms with E-state index in [0.717, 1.165) is 13.0 Å². The van der Waals surface area contributed by atoms with Crippen LogP contribution >= 0.6 is 0 Å². The highest BCUT2D eigenvalue weighted by atomic mass is 15.3. The highest BCUT2D eigenvalue weighted by Gasteiger charge is 2.14. The Morgan fingerprint density at radius 2 is 2.10 bits per heavy atom. The predicted octanol–water partition coefficient (Wildman–Crippen LogP) is 0.0634. The fraction of sp³-hybridized carbons (Fsp3) is 1.00. The van der Waals surface area contributed by atoms with Gasteiger partial charge in [0.15, 0.2) is 0 Å². The molecule has 1 aliphatic rings. The second kappa shape index (κ2) is 3.91. The quantitative estimate of drug-likeness (QED) is 0.546. The lowest BCUT2D eigenvalue weighted by molar-refractivity contribution is 0.210. The molecule has 0 aromatic rings. The zero-order valence-corrected chi connectivity index (χ0v) is 6.42. The fourth-order valence-electron chi connectivity index (χ4n) is 1.42. The smallest absolute Gasteiger partial charge is 0.0582 e. The van der Waals surface area contributed by atoms with Gasteiger partial charge in [-0.05, 0) is 12.8 Å². The van der Waals surface area contributed by atoms with Crippen LogP contribution in [0.15, 0.2) is 0 Å². The minimum atomic E-state index is 0.215. The molecule has 10 heavy (non-hydrogen) atoms. The van der Waals surface area contributed by atoms with Crippen molar-refractivity contribution in [2.45, 2.75) is 31.8 Å². The van der Waals surface area contributed by atoms with Crippen LogP contribution in [0.5, 0.6) is 0 Å². The number of hydrogen-bond acceptors (Lipinski definition) is 3. The van der Waals surface area contributed by atoms with Gasteiger partial charge in [0.05, 0.1) is 6.17 Å². The molecule has 0 bridgehead atoms. The standard InChI is InChI=1S/C7H17N3/c8-6-10-5-3-1-2-4-7(10)9/h7H,1-6,8-9H2. The van der Waals surface area contributed by atoms with Gasteiger partial charge in [0.25, 0.3) is 0 Å². The molecule has 1 rings (SSSR count). The summed E-state index contributed by atoms with van der Waals surface area (Å²) in [6.45, 7) is 1.69. The van der Waals surface area contributed by atoms with E-state index < -0.39 is 0 Å². The summed E-state index contributed by atoms with van der Waals surface area (Å²) >= 11 is 0. The Morgan fingerprint density at radius 3 is 2.80 bits per heavy atom. The summed E-state index contributed by atoms with van der Waals surface area (Å²) in [6, 6.07) is 0. The van der Waals surface area contributed by atoms with Crippen LogP contribution in [0.1, 0.15) is 25.7 Å². The maximum absolute atomic E-state index is 5.84. The van der Waals surface area contributed by atoms with Crippen molar-refractivity contribution in [2.24, 2.45) is 11.5 Å². The molecule has 3 nitrogen and oxygen atoms in total. The normalized spacial score (nSPS) is 30.0. The number of rotatable bonds is 1. The Labute approximate surface area is 62.4 Å². The molecule has 0 saturated carbocycles. The van der Waals surface area contributed by atoms with E-state index in [2.05, 4.69) is 4.90 Å². The third-order valence-electron chi connectivity index (χ3n) is 2.15. The summed E-state index contributed by atoms with van der Waals surface area (Å²) in [6.07, 6.45) is 5.15. The summed E-state index contributed by atoms with van der Waals surface area (Å²) in [4.78, 5) is 2.15. The zero-order valence-electron chi connectivity index (χ0n) is 6.42. The molecule has 0 spiro atoms. The first kappa shape index (κ1) is 7.98. The van der Waals surface area contributed by atoms with Crippen molar-refractivity contribution >= 4 is 0 Å². The van der Waals surface area contributed by atoms with Crippen molar-refractivity contribution in [3.8, 4) is 0 Å². The molecule has 3 heteroatoms. The van der Waals surface area contributed by atoms with Gasteiger partial charge in [0, 0.05) is 13.2 Å². The van der Waals surface area contributed by atoms with Crippen molar-refractivity contribution < 1.29 is 0 Å². The van der Waals surface area contributed by atoms with Gasteiger partial charge in [-0.25, -0.2) is 0 Å². The number of nitrogens with zero attached hydrogens (tertiary/aromatic N) is 1. The molecule has 0 radical (unpaired) electrons. The molecular formula is C7H17N3. The Kier molecular flexibility index (Phi) is 3.12. The van der Waals surface area contributed by atoms with E-state index >= 15 is 0 Å². The molecule has 60 valence electrons. The van der Waals surface area contributed by atoms with Crippen molar-refractivity contribution in [2.75, 3.05) is 13.2 Å². The molecule has 1 unspecified atom stereocenters. The fourth-order valence-corrected chi connectivity index (χ4v) is 1.42. The summed E-state index contributed by atoms with van der Waals surface area (Å²) in [5.74, 6) is 0. The molecule has 0 aromatic heterocycles. The molecule has 1 atom stereocenters. The highest BCUT2D eigenvalue weighted by molar-refractivity contribution is 4.68. The number of hydrogen-bond donors (Lipinski definition) is 2. The average molecular weight is 143 g/mol. The first-order valence-corrected chi connectivity index (χ1v) is 4.04. The summed E-state index contributed by atoms with van der Waals surface area (Å²) < 4.78 is 0. The minimum Gasteiger partial charge on any atom is -0.318 e. The van der Waals surface area contributed by atoms with Crippen LogP contribution in [0.4, 0.5) is 0 Å². The average Bonchev–Trinajstić information content (AvgIpc) is 2.13. The van der Waals surface area contributed by atoms with Crippen molar-refractivity contribution in [3.63, 3.8) is 0 Å². The van der Waals surface area contributed by atoms with Gasteiger partial charge in [-0.15, -0.1) is 0 Å². The van der Waals surface area contributed by atoms with Gasteiger partial charge in [-0.2, -0.15) is 0 Å². The second-order valence-corrected chi connectivity index (χ2v) is 2.91. The SMILES string of the molecule is NCN1CCCCCC1N. The lowest BCUT2D eigenvalue weighted by atomic mass is 10.2. The van der Waals surface area contributed by atoms with E-state index in [1.54, 1.807) is 0 Å². The van der Waals surface area contributed by atoms with Gasteiger partial charge < -0.3 is 11.5 Å². The van der Waals surface area contributed by atoms with Crippen LogP contribution in [-0.4, -0.2) is 24.3 Å². The van der Waals surface area contributed by atoms with Gasteiger partial charge in [0.2, 0.25) is 0 Å². The van der Waals surface area contributed by atoms with E-state index in [1.807, 2.05) is 0 Å². The van der Waals surface area contributed by atoms with E-state index in [1.165, 1.54) is 19.3 Å². The van der Waals surface area contributed by atoms with E-state index in [9.17, 15) is 0 Å². The van der Waals surface area contributed by atoms with E-state index in [-0.39, 0.29) is 6.17 Å². The van der Waals surface area contributed by atoms with Crippen LogP contribution in [0, 0.1) is 0 Å². The van der Waals surface area contributed by atoms with Gasteiger partial charge in [0.1, 0.15) is 0 Å². The summed E-state index contributed by atoms with van der Waals surface area (Å²) in [5, 5.41) is 0. The molecule has 0 aromatic carbocycles. The Morgan fingerprint density at radius 1 is 1.30 bits per heavy atom. The predicted molar refractivity (Wildman–Crippen MR) is 42.2 cm³/mol. The lowest BCUT2D eigenvalue weighted by Crippen LogP contribution is -2.44. The second-order valence-electron chi connectivity index (χ2n) is 2.91. The zero-order chi connectivity index (χ0) is 7.40.